The van der Waals surface area contributed by atoms with Crippen LogP contribution in [0.1, 0.15) is 35.9 Å². The predicted molar refractivity (Wildman–Crippen MR) is 84.7 cm³/mol. The van der Waals surface area contributed by atoms with E-state index in [0.29, 0.717) is 19.6 Å². The summed E-state index contributed by atoms with van der Waals surface area (Å²) in [6.45, 7) is 5.48. The minimum atomic E-state index is -0.00567. The van der Waals surface area contributed by atoms with Gasteiger partial charge < -0.3 is 15.1 Å². The number of amides is 3. The number of hydrogen-bond acceptors (Lipinski definition) is 3. The van der Waals surface area contributed by atoms with E-state index >= 15 is 0 Å². The van der Waals surface area contributed by atoms with Crippen molar-refractivity contribution in [2.75, 3.05) is 32.7 Å². The molecule has 2 heterocycles. The highest BCUT2D eigenvalue weighted by molar-refractivity contribution is 7.12. The molecule has 0 aliphatic carbocycles. The molecule has 21 heavy (non-hydrogen) atoms. The smallest absolute Gasteiger partial charge is 0.317 e. The van der Waals surface area contributed by atoms with E-state index in [0.717, 1.165) is 37.2 Å². The van der Waals surface area contributed by atoms with Crippen molar-refractivity contribution in [3.63, 3.8) is 0 Å². The molecule has 0 radical (unpaired) electrons. The number of carbonyl (C=O) groups is 2. The lowest BCUT2D eigenvalue weighted by Gasteiger charge is -2.22. The zero-order valence-corrected chi connectivity index (χ0v) is 13.3. The third-order valence-electron chi connectivity index (χ3n) is 3.61. The second kappa shape index (κ2) is 8.02. The Hall–Kier alpha value is -1.56. The number of thiophene rings is 1. The van der Waals surface area contributed by atoms with E-state index in [1.165, 1.54) is 11.3 Å². The van der Waals surface area contributed by atoms with E-state index in [1.807, 2.05) is 27.3 Å². The Labute approximate surface area is 129 Å². The summed E-state index contributed by atoms with van der Waals surface area (Å²) in [6, 6.07) is 3.74. The Morgan fingerprint density at radius 2 is 2.00 bits per heavy atom. The van der Waals surface area contributed by atoms with Gasteiger partial charge in [-0.15, -0.1) is 11.3 Å². The monoisotopic (exact) mass is 309 g/mol. The molecule has 5 nitrogen and oxygen atoms in total. The van der Waals surface area contributed by atoms with Crippen molar-refractivity contribution >= 4 is 23.3 Å². The van der Waals surface area contributed by atoms with Crippen LogP contribution in [-0.2, 0) is 0 Å². The van der Waals surface area contributed by atoms with E-state index in [4.69, 9.17) is 0 Å². The van der Waals surface area contributed by atoms with Crippen LogP contribution in [0.3, 0.4) is 0 Å². The normalized spacial score (nSPS) is 15.7. The van der Waals surface area contributed by atoms with Gasteiger partial charge in [0.2, 0.25) is 0 Å². The van der Waals surface area contributed by atoms with E-state index in [1.54, 1.807) is 0 Å². The van der Waals surface area contributed by atoms with Crippen LogP contribution in [0.5, 0.6) is 0 Å². The van der Waals surface area contributed by atoms with Crippen molar-refractivity contribution in [2.45, 2.75) is 26.2 Å². The van der Waals surface area contributed by atoms with Crippen molar-refractivity contribution in [1.82, 2.24) is 15.1 Å². The summed E-state index contributed by atoms with van der Waals surface area (Å²) in [5.41, 5.74) is 0. The molecule has 1 fully saturated rings. The standard InChI is InChI=1S/C15H23N3O2S/c1-2-3-7-16-15(20)18-9-5-8-17(10-11-18)14(19)13-6-4-12-21-13/h4,6,12H,2-3,5,7-11H2,1H3,(H,16,20). The fraction of sp³-hybridized carbons (Fsp3) is 0.600. The van der Waals surface area contributed by atoms with Crippen LogP contribution in [0.2, 0.25) is 0 Å². The first-order valence-electron chi connectivity index (χ1n) is 7.58. The van der Waals surface area contributed by atoms with Crippen molar-refractivity contribution < 1.29 is 9.59 Å². The lowest BCUT2D eigenvalue weighted by atomic mass is 10.3. The van der Waals surface area contributed by atoms with Gasteiger partial charge >= 0.3 is 6.03 Å². The molecule has 1 saturated heterocycles. The van der Waals surface area contributed by atoms with Gasteiger partial charge in [0, 0.05) is 32.7 Å². The summed E-state index contributed by atoms with van der Waals surface area (Å²) in [5.74, 6) is 0.0817. The first-order valence-corrected chi connectivity index (χ1v) is 8.46. The first kappa shape index (κ1) is 15.8. The van der Waals surface area contributed by atoms with Crippen molar-refractivity contribution in [3.8, 4) is 0 Å². The van der Waals surface area contributed by atoms with Crippen LogP contribution in [0.15, 0.2) is 17.5 Å². The van der Waals surface area contributed by atoms with Gasteiger partial charge in [0.05, 0.1) is 4.88 Å². The Kier molecular flexibility index (Phi) is 6.04. The number of nitrogens with one attached hydrogen (secondary N) is 1. The van der Waals surface area contributed by atoms with E-state index in [-0.39, 0.29) is 11.9 Å². The summed E-state index contributed by atoms with van der Waals surface area (Å²) >= 11 is 1.47. The fourth-order valence-corrected chi connectivity index (χ4v) is 3.05. The van der Waals surface area contributed by atoms with Gasteiger partial charge in [0.15, 0.2) is 0 Å². The van der Waals surface area contributed by atoms with Crippen molar-refractivity contribution in [1.29, 1.82) is 0 Å². The number of carbonyl (C=O) groups excluding carboxylic acids is 2. The Morgan fingerprint density at radius 1 is 1.24 bits per heavy atom. The topological polar surface area (TPSA) is 52.7 Å². The largest absolute Gasteiger partial charge is 0.338 e. The lowest BCUT2D eigenvalue weighted by Crippen LogP contribution is -2.42. The SMILES string of the molecule is CCCCNC(=O)N1CCCN(C(=O)c2cccs2)CC1. The number of hydrogen-bond donors (Lipinski definition) is 1. The third-order valence-corrected chi connectivity index (χ3v) is 4.47. The summed E-state index contributed by atoms with van der Waals surface area (Å²) in [4.78, 5) is 28.8. The average molecular weight is 309 g/mol. The first-order chi connectivity index (χ1) is 10.2. The van der Waals surface area contributed by atoms with Crippen LogP contribution < -0.4 is 5.32 Å². The number of nitrogens with zero attached hydrogens (tertiary/aromatic N) is 2. The quantitative estimate of drug-likeness (QED) is 0.868. The molecular formula is C15H23N3O2S. The minimum absolute atomic E-state index is 0.00567. The van der Waals surface area contributed by atoms with E-state index in [2.05, 4.69) is 12.2 Å². The second-order valence-electron chi connectivity index (χ2n) is 5.20. The van der Waals surface area contributed by atoms with Crippen LogP contribution in [0.4, 0.5) is 4.79 Å². The van der Waals surface area contributed by atoms with Crippen LogP contribution in [0.25, 0.3) is 0 Å². The number of rotatable bonds is 4. The lowest BCUT2D eigenvalue weighted by molar-refractivity contribution is 0.0767. The maximum absolute atomic E-state index is 12.3. The molecule has 0 unspecified atom stereocenters. The molecule has 0 atom stereocenters. The highest BCUT2D eigenvalue weighted by Gasteiger charge is 2.22. The molecule has 6 heteroatoms. The van der Waals surface area contributed by atoms with Crippen molar-refractivity contribution in [3.05, 3.63) is 22.4 Å². The maximum Gasteiger partial charge on any atom is 0.317 e. The van der Waals surface area contributed by atoms with E-state index < -0.39 is 0 Å². The van der Waals surface area contributed by atoms with E-state index in [9.17, 15) is 9.59 Å². The molecule has 1 N–H and O–H groups in total. The molecule has 0 saturated carbocycles. The minimum Gasteiger partial charge on any atom is -0.338 e. The van der Waals surface area contributed by atoms with Gasteiger partial charge in [-0.1, -0.05) is 19.4 Å². The summed E-state index contributed by atoms with van der Waals surface area (Å²) in [5, 5.41) is 4.85. The average Bonchev–Trinajstić information content (AvgIpc) is 2.91. The molecule has 2 rings (SSSR count). The zero-order valence-electron chi connectivity index (χ0n) is 12.5. The van der Waals surface area contributed by atoms with Crippen LogP contribution in [-0.4, -0.2) is 54.5 Å². The second-order valence-corrected chi connectivity index (χ2v) is 6.14. The predicted octanol–water partition coefficient (Wildman–Crippen LogP) is 2.41. The maximum atomic E-state index is 12.3. The Balaban J connectivity index is 1.84. The molecule has 0 spiro atoms. The Morgan fingerprint density at radius 3 is 2.71 bits per heavy atom. The third kappa shape index (κ3) is 4.46. The van der Waals surface area contributed by atoms with Gasteiger partial charge in [-0.25, -0.2) is 4.79 Å². The summed E-state index contributed by atoms with van der Waals surface area (Å²) in [6.07, 6.45) is 2.91. The van der Waals surface area contributed by atoms with Gasteiger partial charge in [-0.3, -0.25) is 4.79 Å². The van der Waals surface area contributed by atoms with Gasteiger partial charge in [-0.2, -0.15) is 0 Å². The molecule has 116 valence electrons. The van der Waals surface area contributed by atoms with Crippen LogP contribution in [0, 0.1) is 0 Å². The van der Waals surface area contributed by atoms with Crippen molar-refractivity contribution in [2.24, 2.45) is 0 Å². The molecule has 1 aromatic rings. The fourth-order valence-electron chi connectivity index (χ4n) is 2.36. The van der Waals surface area contributed by atoms with Gasteiger partial charge in [0.25, 0.3) is 5.91 Å². The summed E-state index contributed by atoms with van der Waals surface area (Å²) < 4.78 is 0. The molecule has 1 aliphatic rings. The molecule has 3 amide bonds. The molecule has 0 bridgehead atoms. The molecule has 1 aliphatic heterocycles. The highest BCUT2D eigenvalue weighted by atomic mass is 32.1. The molecule has 1 aromatic heterocycles. The molecule has 0 aromatic carbocycles. The van der Waals surface area contributed by atoms with Gasteiger partial charge in [0.1, 0.15) is 0 Å². The summed E-state index contributed by atoms with van der Waals surface area (Å²) in [7, 11) is 0. The highest BCUT2D eigenvalue weighted by Crippen LogP contribution is 2.14. The van der Waals surface area contributed by atoms with Crippen LogP contribution >= 0.6 is 11.3 Å². The number of unbranched alkanes of at least 4 members (excludes halogenated alkanes) is 1. The number of urea groups is 1. The zero-order chi connectivity index (χ0) is 15.1. The molecular weight excluding hydrogens is 286 g/mol. The Bertz CT molecular complexity index is 461. The van der Waals surface area contributed by atoms with Gasteiger partial charge in [-0.05, 0) is 24.3 Å².